The molecule has 0 saturated heterocycles. The van der Waals surface area contributed by atoms with E-state index < -0.39 is 29.7 Å². The van der Waals surface area contributed by atoms with Gasteiger partial charge < -0.3 is 20.1 Å². The van der Waals surface area contributed by atoms with Gasteiger partial charge in [-0.2, -0.15) is 46.5 Å². The molecule has 0 aliphatic rings. The molecule has 7 rings (SSSR count). The number of carbonyl (C=O) groups is 1. The molecule has 0 amide bonds. The van der Waals surface area contributed by atoms with Crippen LogP contribution in [0.15, 0.2) is 77.7 Å². The Kier molecular flexibility index (Phi) is 13.2. The fourth-order valence-electron chi connectivity index (χ4n) is 6.39. The number of nitrogens with zero attached hydrogens (tertiary/aromatic N) is 9. The molecule has 5 aromatic heterocycles. The number of anilines is 4. The Labute approximate surface area is 364 Å². The number of esters is 1. The van der Waals surface area contributed by atoms with Gasteiger partial charge in [0.2, 0.25) is 17.8 Å². The first-order valence-electron chi connectivity index (χ1n) is 18.6. The van der Waals surface area contributed by atoms with Crippen LogP contribution in [0.25, 0.3) is 22.8 Å². The third-order valence-electron chi connectivity index (χ3n) is 8.97. The molecular weight excluding hydrogens is 900 g/mol. The van der Waals surface area contributed by atoms with Crippen LogP contribution in [-0.2, 0) is 17.1 Å². The van der Waals surface area contributed by atoms with E-state index in [1.165, 1.54) is 52.7 Å². The third kappa shape index (κ3) is 10.8. The molecule has 2 N–H and O–H groups in total. The van der Waals surface area contributed by atoms with Crippen LogP contribution in [0, 0.1) is 41.5 Å². The van der Waals surface area contributed by atoms with Crippen LogP contribution in [0.3, 0.4) is 0 Å². The second kappa shape index (κ2) is 18.2. The highest BCUT2D eigenvalue weighted by molar-refractivity contribution is 9.10. The molecule has 0 bridgehead atoms. The first kappa shape index (κ1) is 45.6. The lowest BCUT2D eigenvalue weighted by Crippen LogP contribution is -2.11. The zero-order chi connectivity index (χ0) is 46.0. The van der Waals surface area contributed by atoms with Crippen molar-refractivity contribution >= 4 is 45.2 Å². The van der Waals surface area contributed by atoms with Crippen LogP contribution in [0.1, 0.15) is 55.4 Å². The molecule has 0 atom stereocenters. The van der Waals surface area contributed by atoms with Crippen LogP contribution in [-0.4, -0.2) is 64.7 Å². The molecule has 7 aromatic rings. The maximum absolute atomic E-state index is 13.4. The predicted octanol–water partition coefficient (Wildman–Crippen LogP) is 10.3. The average molecular weight is 939 g/mol. The molecule has 0 radical (unpaired) electrons. The van der Waals surface area contributed by atoms with E-state index in [4.69, 9.17) is 9.47 Å². The summed E-state index contributed by atoms with van der Waals surface area (Å²) in [7, 11) is 2.56. The lowest BCUT2D eigenvalue weighted by atomic mass is 10.1. The summed E-state index contributed by atoms with van der Waals surface area (Å²) in [5.41, 5.74) is 4.80. The van der Waals surface area contributed by atoms with Crippen molar-refractivity contribution in [3.05, 3.63) is 128 Å². The maximum atomic E-state index is 13.4. The van der Waals surface area contributed by atoms with E-state index in [9.17, 15) is 31.1 Å². The Hall–Kier alpha value is -6.90. The maximum Gasteiger partial charge on any atom is 0.435 e. The van der Waals surface area contributed by atoms with Crippen molar-refractivity contribution in [3.8, 4) is 28.6 Å². The molecule has 5 heterocycles. The quantitative estimate of drug-likeness (QED) is 0.104. The zero-order valence-electron chi connectivity index (χ0n) is 34.8. The molecule has 0 aliphatic heterocycles. The van der Waals surface area contributed by atoms with Gasteiger partial charge >= 0.3 is 18.3 Å². The fourth-order valence-corrected chi connectivity index (χ4v) is 6.75. The monoisotopic (exact) mass is 937 g/mol. The minimum absolute atomic E-state index is 0.0269. The summed E-state index contributed by atoms with van der Waals surface area (Å²) in [5, 5.41) is 13.6. The van der Waals surface area contributed by atoms with Crippen molar-refractivity contribution in [3.63, 3.8) is 0 Å². The van der Waals surface area contributed by atoms with E-state index in [0.717, 1.165) is 49.4 Å². The summed E-state index contributed by atoms with van der Waals surface area (Å²) in [6.45, 7) is 10.8. The summed E-state index contributed by atoms with van der Waals surface area (Å²) in [6.07, 6.45) is -4.87. The number of carbonyl (C=O) groups excluding carboxylic acids is 1. The van der Waals surface area contributed by atoms with Crippen LogP contribution >= 0.6 is 15.9 Å². The fraction of sp³-hybridized carbons (Fsp3) is 0.238. The van der Waals surface area contributed by atoms with Crippen LogP contribution < -0.4 is 15.4 Å². The number of methoxy groups -OCH3 is 2. The molecule has 328 valence electrons. The number of aromatic nitrogens is 9. The van der Waals surface area contributed by atoms with Crippen molar-refractivity contribution in [2.45, 2.75) is 53.9 Å². The minimum atomic E-state index is -4.65. The molecule has 14 nitrogen and oxygen atoms in total. The van der Waals surface area contributed by atoms with Crippen molar-refractivity contribution < 1.29 is 40.6 Å². The Balaban J connectivity index is 0.000000223. The van der Waals surface area contributed by atoms with Gasteiger partial charge in [-0.05, 0) is 122 Å². The first-order valence-corrected chi connectivity index (χ1v) is 19.4. The largest absolute Gasteiger partial charge is 0.480 e. The molecule has 63 heavy (non-hydrogen) atoms. The summed E-state index contributed by atoms with van der Waals surface area (Å²) in [5.74, 6) is 0.00765. The Morgan fingerprint density at radius 3 is 1.52 bits per heavy atom. The van der Waals surface area contributed by atoms with Crippen molar-refractivity contribution in [2.75, 3.05) is 24.9 Å². The molecule has 2 aromatic carbocycles. The van der Waals surface area contributed by atoms with E-state index in [1.807, 2.05) is 64.1 Å². The Morgan fingerprint density at radius 1 is 0.619 bits per heavy atom. The number of hydrogen-bond donors (Lipinski definition) is 2. The standard InChI is InChI=1S/C25H23F3N6O3.C17H15BrF3N5/c1-13-6-14(2)8-17(7-13)31-24-30-12-19(16-10-18(23(35)37-5)22(36-4)29-11-16)21(32-24)34-15(3)9-20(33-34)25(26,27)28;1-9-4-10(2)6-12(5-9)23-16-22-8-13(18)15(24-16)26-11(3)7-14(25-26)17(19,20)21/h6-12H,1-5H3,(H,30,31,32);4-8H,1-3H3,(H,22,23,24). The predicted molar refractivity (Wildman–Crippen MR) is 225 cm³/mol. The Bertz CT molecular complexity index is 2780. The smallest absolute Gasteiger partial charge is 0.435 e. The molecule has 21 heteroatoms. The summed E-state index contributed by atoms with van der Waals surface area (Å²) >= 11 is 3.27. The van der Waals surface area contributed by atoms with Gasteiger partial charge in [-0.15, -0.1) is 0 Å². The average Bonchev–Trinajstić information content (AvgIpc) is 3.80. The highest BCUT2D eigenvalue weighted by Gasteiger charge is 2.36. The van der Waals surface area contributed by atoms with Gasteiger partial charge in [-0.1, -0.05) is 12.1 Å². The number of aryl methyl sites for hydroxylation is 6. The van der Waals surface area contributed by atoms with Gasteiger partial charge in [-0.3, -0.25) is 0 Å². The molecular formula is C42H38BrF6N11O3. The second-order valence-electron chi connectivity index (χ2n) is 14.2. The normalized spacial score (nSPS) is 11.5. The van der Waals surface area contributed by atoms with Gasteiger partial charge in [0.15, 0.2) is 23.0 Å². The van der Waals surface area contributed by atoms with Crippen molar-refractivity contribution in [1.82, 2.24) is 44.5 Å². The topological polar surface area (TPSA) is 160 Å². The molecule has 0 unspecified atom stereocenters. The van der Waals surface area contributed by atoms with Crippen LogP contribution in [0.2, 0.25) is 0 Å². The Morgan fingerprint density at radius 2 is 1.08 bits per heavy atom. The second-order valence-corrected chi connectivity index (χ2v) is 15.1. The molecule has 0 saturated carbocycles. The number of benzene rings is 2. The lowest BCUT2D eigenvalue weighted by Gasteiger charge is -2.14. The van der Waals surface area contributed by atoms with Gasteiger partial charge in [0.1, 0.15) is 5.56 Å². The van der Waals surface area contributed by atoms with Crippen molar-refractivity contribution in [1.29, 1.82) is 0 Å². The van der Waals surface area contributed by atoms with E-state index in [0.29, 0.717) is 21.4 Å². The summed E-state index contributed by atoms with van der Waals surface area (Å²) < 4.78 is 91.6. The summed E-state index contributed by atoms with van der Waals surface area (Å²) in [6, 6.07) is 15.0. The van der Waals surface area contributed by atoms with Crippen LogP contribution in [0.5, 0.6) is 5.88 Å². The number of pyridine rings is 1. The van der Waals surface area contributed by atoms with Gasteiger partial charge in [0.05, 0.1) is 18.7 Å². The van der Waals surface area contributed by atoms with Gasteiger partial charge in [-0.25, -0.2) is 29.1 Å². The van der Waals surface area contributed by atoms with E-state index in [1.54, 1.807) is 0 Å². The highest BCUT2D eigenvalue weighted by Crippen LogP contribution is 2.34. The minimum Gasteiger partial charge on any atom is -0.480 e. The van der Waals surface area contributed by atoms with Gasteiger partial charge in [0.25, 0.3) is 0 Å². The van der Waals surface area contributed by atoms with E-state index >= 15 is 0 Å². The number of ether oxygens (including phenoxy) is 2. The zero-order valence-corrected chi connectivity index (χ0v) is 36.4. The molecule has 0 aliphatic carbocycles. The van der Waals surface area contributed by atoms with Crippen LogP contribution in [0.4, 0.5) is 49.6 Å². The molecule has 0 fully saturated rings. The lowest BCUT2D eigenvalue weighted by molar-refractivity contribution is -0.142. The molecule has 0 spiro atoms. The number of hydrogen-bond acceptors (Lipinski definition) is 12. The number of alkyl halides is 6. The summed E-state index contributed by atoms with van der Waals surface area (Å²) in [4.78, 5) is 33.8. The SMILES string of the molecule is COC(=O)c1cc(-c2cnc(Nc3cc(C)cc(C)c3)nc2-n2nc(C(F)(F)F)cc2C)cnc1OC.Cc1cc(C)cc(Nc2ncc(Br)c(-n3nc(C(F)(F)F)cc3C)n2)c1. The van der Waals surface area contributed by atoms with Crippen molar-refractivity contribution in [2.24, 2.45) is 0 Å². The van der Waals surface area contributed by atoms with E-state index in [-0.39, 0.29) is 46.2 Å². The van der Waals surface area contributed by atoms with E-state index in [2.05, 4.69) is 61.7 Å². The van der Waals surface area contributed by atoms with Gasteiger partial charge in [0, 0.05) is 52.5 Å². The first-order chi connectivity index (χ1) is 29.6. The highest BCUT2D eigenvalue weighted by atomic mass is 79.9. The number of rotatable bonds is 9. The number of nitrogens with one attached hydrogen (secondary N) is 2. The third-order valence-corrected chi connectivity index (χ3v) is 9.53. The number of halogens is 7.